The quantitative estimate of drug-likeness (QED) is 0.792. The van der Waals surface area contributed by atoms with E-state index in [-0.39, 0.29) is 6.42 Å². The molecule has 5 nitrogen and oxygen atoms in total. The third-order valence-corrected chi connectivity index (χ3v) is 3.14. The first-order chi connectivity index (χ1) is 9.63. The van der Waals surface area contributed by atoms with Gasteiger partial charge in [0.2, 0.25) is 0 Å². The molecule has 0 aliphatic carbocycles. The molecular weight excluding hydrogens is 256 g/mol. The molecule has 1 heterocycles. The molecule has 0 saturated carbocycles. The zero-order valence-corrected chi connectivity index (χ0v) is 11.6. The lowest BCUT2D eigenvalue weighted by Gasteiger charge is -2.13. The van der Waals surface area contributed by atoms with Crippen molar-refractivity contribution in [3.05, 3.63) is 30.0 Å². The molecule has 0 aliphatic heterocycles. The number of carbonyl (C=O) groups is 1. The highest BCUT2D eigenvalue weighted by Crippen LogP contribution is 2.30. The first-order valence-electron chi connectivity index (χ1n) is 6.51. The summed E-state index contributed by atoms with van der Waals surface area (Å²) in [6.07, 6.45) is 2.55. The number of ether oxygens (including phenoxy) is 1. The fourth-order valence-electron chi connectivity index (χ4n) is 2.15. The highest BCUT2D eigenvalue weighted by molar-refractivity contribution is 5.96. The van der Waals surface area contributed by atoms with Crippen molar-refractivity contribution in [3.63, 3.8) is 0 Å². The molecule has 0 amide bonds. The summed E-state index contributed by atoms with van der Waals surface area (Å²) in [6, 6.07) is 5.78. The van der Waals surface area contributed by atoms with E-state index in [1.54, 1.807) is 13.3 Å². The van der Waals surface area contributed by atoms with Crippen LogP contribution in [0.15, 0.2) is 24.4 Å². The normalized spacial score (nSPS) is 10.5. The molecule has 5 heteroatoms. The van der Waals surface area contributed by atoms with E-state index in [1.807, 2.05) is 25.1 Å². The molecule has 0 saturated heterocycles. The van der Waals surface area contributed by atoms with Crippen molar-refractivity contribution in [3.8, 4) is 5.75 Å². The van der Waals surface area contributed by atoms with E-state index in [9.17, 15) is 4.79 Å². The van der Waals surface area contributed by atoms with Crippen LogP contribution in [0.25, 0.3) is 10.9 Å². The van der Waals surface area contributed by atoms with Crippen LogP contribution in [0, 0.1) is 6.92 Å². The van der Waals surface area contributed by atoms with Gasteiger partial charge in [-0.25, -0.2) is 0 Å². The first kappa shape index (κ1) is 14.1. The van der Waals surface area contributed by atoms with Crippen molar-refractivity contribution in [2.24, 2.45) is 0 Å². The predicted molar refractivity (Wildman–Crippen MR) is 78.4 cm³/mol. The molecule has 0 spiro atoms. The van der Waals surface area contributed by atoms with E-state index in [0.29, 0.717) is 13.0 Å². The summed E-state index contributed by atoms with van der Waals surface area (Å²) in [5, 5.41) is 12.9. The number of pyridine rings is 1. The summed E-state index contributed by atoms with van der Waals surface area (Å²) < 4.78 is 5.31. The summed E-state index contributed by atoms with van der Waals surface area (Å²) in [7, 11) is 1.62. The summed E-state index contributed by atoms with van der Waals surface area (Å²) >= 11 is 0. The molecule has 106 valence electrons. The lowest BCUT2D eigenvalue weighted by molar-refractivity contribution is -0.137. The van der Waals surface area contributed by atoms with Crippen molar-refractivity contribution in [2.75, 3.05) is 19.0 Å². The number of aliphatic carboxylic acids is 1. The van der Waals surface area contributed by atoms with Gasteiger partial charge in [0, 0.05) is 30.2 Å². The Hall–Kier alpha value is -2.30. The standard InChI is InChI=1S/C15H18N2O3/c1-10-9-17-15-11(5-3-6-12(15)20-2)14(10)16-8-4-7-13(18)19/h3,5-6,9H,4,7-8H2,1-2H3,(H,16,17)(H,18,19). The topological polar surface area (TPSA) is 71.5 Å². The summed E-state index contributed by atoms with van der Waals surface area (Å²) in [5.74, 6) is -0.0409. The van der Waals surface area contributed by atoms with E-state index in [0.717, 1.165) is 27.9 Å². The van der Waals surface area contributed by atoms with Crippen molar-refractivity contribution < 1.29 is 14.6 Å². The van der Waals surface area contributed by atoms with Crippen molar-refractivity contribution >= 4 is 22.6 Å². The van der Waals surface area contributed by atoms with Crippen molar-refractivity contribution in [2.45, 2.75) is 19.8 Å². The van der Waals surface area contributed by atoms with Gasteiger partial charge in [0.15, 0.2) is 0 Å². The lowest BCUT2D eigenvalue weighted by Crippen LogP contribution is -2.07. The average molecular weight is 274 g/mol. The number of hydrogen-bond acceptors (Lipinski definition) is 4. The third-order valence-electron chi connectivity index (χ3n) is 3.14. The molecule has 0 radical (unpaired) electrons. The average Bonchev–Trinajstić information content (AvgIpc) is 2.44. The zero-order valence-electron chi connectivity index (χ0n) is 11.6. The van der Waals surface area contributed by atoms with Gasteiger partial charge in [-0.1, -0.05) is 12.1 Å². The van der Waals surface area contributed by atoms with Gasteiger partial charge in [-0.05, 0) is 25.0 Å². The van der Waals surface area contributed by atoms with Gasteiger partial charge in [-0.2, -0.15) is 0 Å². The van der Waals surface area contributed by atoms with E-state index >= 15 is 0 Å². The van der Waals surface area contributed by atoms with Crippen LogP contribution in [-0.2, 0) is 4.79 Å². The van der Waals surface area contributed by atoms with Crippen LogP contribution in [0.5, 0.6) is 5.75 Å². The maximum Gasteiger partial charge on any atom is 0.303 e. The summed E-state index contributed by atoms with van der Waals surface area (Å²) in [4.78, 5) is 14.9. The number of carboxylic acid groups (broad SMARTS) is 1. The van der Waals surface area contributed by atoms with Crippen LogP contribution in [-0.4, -0.2) is 29.7 Å². The maximum atomic E-state index is 10.5. The Morgan fingerprint density at radius 3 is 2.95 bits per heavy atom. The smallest absolute Gasteiger partial charge is 0.303 e. The van der Waals surface area contributed by atoms with Gasteiger partial charge in [0.25, 0.3) is 0 Å². The SMILES string of the molecule is COc1cccc2c(NCCCC(=O)O)c(C)cnc12. The van der Waals surface area contributed by atoms with Crippen molar-refractivity contribution in [1.29, 1.82) is 0 Å². The lowest BCUT2D eigenvalue weighted by atomic mass is 10.1. The Bertz CT molecular complexity index is 626. The molecule has 0 unspecified atom stereocenters. The highest BCUT2D eigenvalue weighted by Gasteiger charge is 2.09. The second kappa shape index (κ2) is 6.23. The van der Waals surface area contributed by atoms with Gasteiger partial charge in [-0.3, -0.25) is 9.78 Å². The largest absolute Gasteiger partial charge is 0.494 e. The minimum absolute atomic E-state index is 0.165. The molecule has 0 aliphatic rings. The molecule has 20 heavy (non-hydrogen) atoms. The molecule has 1 aromatic heterocycles. The van der Waals surface area contributed by atoms with Crippen molar-refractivity contribution in [1.82, 2.24) is 4.98 Å². The third kappa shape index (κ3) is 2.99. The zero-order chi connectivity index (χ0) is 14.5. The van der Waals surface area contributed by atoms with Crippen LogP contribution < -0.4 is 10.1 Å². The molecule has 2 N–H and O–H groups in total. The molecular formula is C15H18N2O3. The molecule has 0 atom stereocenters. The molecule has 0 bridgehead atoms. The van der Waals surface area contributed by atoms with Gasteiger partial charge >= 0.3 is 5.97 Å². The van der Waals surface area contributed by atoms with Gasteiger partial charge in [0.05, 0.1) is 7.11 Å². The second-order valence-electron chi connectivity index (χ2n) is 4.60. The molecule has 2 rings (SSSR count). The predicted octanol–water partition coefficient (Wildman–Crippen LogP) is 2.83. The Morgan fingerprint density at radius 1 is 1.45 bits per heavy atom. The molecule has 2 aromatic rings. The number of methoxy groups -OCH3 is 1. The fraction of sp³-hybridized carbons (Fsp3) is 0.333. The van der Waals surface area contributed by atoms with Crippen LogP contribution in [0.4, 0.5) is 5.69 Å². The Labute approximate surface area is 117 Å². The van der Waals surface area contributed by atoms with E-state index in [1.165, 1.54) is 0 Å². The van der Waals surface area contributed by atoms with Gasteiger partial charge in [-0.15, -0.1) is 0 Å². The second-order valence-corrected chi connectivity index (χ2v) is 4.60. The number of hydrogen-bond donors (Lipinski definition) is 2. The van der Waals surface area contributed by atoms with Crippen LogP contribution in [0.1, 0.15) is 18.4 Å². The Morgan fingerprint density at radius 2 is 2.25 bits per heavy atom. The number of rotatable bonds is 6. The molecule has 0 fully saturated rings. The fourth-order valence-corrected chi connectivity index (χ4v) is 2.15. The number of benzene rings is 1. The van der Waals surface area contributed by atoms with E-state index < -0.39 is 5.97 Å². The summed E-state index contributed by atoms with van der Waals surface area (Å²) in [5.41, 5.74) is 2.82. The van der Waals surface area contributed by atoms with Crippen LogP contribution >= 0.6 is 0 Å². The Kier molecular flexibility index (Phi) is 4.40. The number of anilines is 1. The number of aromatic nitrogens is 1. The van der Waals surface area contributed by atoms with E-state index in [4.69, 9.17) is 9.84 Å². The molecule has 1 aromatic carbocycles. The van der Waals surface area contributed by atoms with Gasteiger partial charge in [0.1, 0.15) is 11.3 Å². The number of nitrogens with zero attached hydrogens (tertiary/aromatic N) is 1. The number of para-hydroxylation sites is 1. The van der Waals surface area contributed by atoms with Gasteiger partial charge < -0.3 is 15.2 Å². The number of aryl methyl sites for hydroxylation is 1. The number of fused-ring (bicyclic) bond motifs is 1. The minimum Gasteiger partial charge on any atom is -0.494 e. The number of carboxylic acids is 1. The van der Waals surface area contributed by atoms with E-state index in [2.05, 4.69) is 10.3 Å². The minimum atomic E-state index is -0.773. The monoisotopic (exact) mass is 274 g/mol. The highest BCUT2D eigenvalue weighted by atomic mass is 16.5. The maximum absolute atomic E-state index is 10.5. The Balaban J connectivity index is 2.27. The van der Waals surface area contributed by atoms with Crippen LogP contribution in [0.2, 0.25) is 0 Å². The first-order valence-corrected chi connectivity index (χ1v) is 6.51. The summed E-state index contributed by atoms with van der Waals surface area (Å²) in [6.45, 7) is 2.59. The van der Waals surface area contributed by atoms with Crippen LogP contribution in [0.3, 0.4) is 0 Å². The number of nitrogens with one attached hydrogen (secondary N) is 1.